The second-order valence-electron chi connectivity index (χ2n) is 8.53. The molecule has 0 spiro atoms. The third-order valence-corrected chi connectivity index (χ3v) is 7.08. The number of methoxy groups -OCH3 is 1. The molecular formula is C28H26Br2N4O4. The van der Waals surface area contributed by atoms with Crippen LogP contribution in [0.3, 0.4) is 0 Å². The van der Waals surface area contributed by atoms with Crippen LogP contribution in [-0.2, 0) is 4.79 Å². The first-order chi connectivity index (χ1) is 18.3. The number of halogens is 2. The lowest BCUT2D eigenvalue weighted by molar-refractivity contribution is -0.118. The number of nitrogens with one attached hydrogen (secondary N) is 1. The molecule has 1 N–H and O–H groups in total. The fourth-order valence-electron chi connectivity index (χ4n) is 3.68. The minimum atomic E-state index is -0.299. The van der Waals surface area contributed by atoms with Gasteiger partial charge in [-0.1, -0.05) is 48.0 Å². The first-order valence-electron chi connectivity index (χ1n) is 11.9. The molecule has 0 aliphatic rings. The number of anilines is 1. The average molecular weight is 642 g/mol. The SMILES string of the molecule is CC[C@H](C)c1nc2ccc(Br)cc2c(=O)n1N=Cc1cc(OC)c(OCC(=O)Nc2ccccc2)cc1Br. The molecule has 4 aromatic rings. The quantitative estimate of drug-likeness (QED) is 0.215. The molecule has 196 valence electrons. The van der Waals surface area contributed by atoms with Crippen molar-refractivity contribution >= 4 is 60.6 Å². The van der Waals surface area contributed by atoms with E-state index in [0.717, 1.165) is 10.9 Å². The van der Waals surface area contributed by atoms with Crippen LogP contribution in [0.25, 0.3) is 10.9 Å². The van der Waals surface area contributed by atoms with Crippen molar-refractivity contribution in [3.8, 4) is 11.5 Å². The van der Waals surface area contributed by atoms with Gasteiger partial charge in [-0.25, -0.2) is 4.98 Å². The van der Waals surface area contributed by atoms with E-state index >= 15 is 0 Å². The minimum Gasteiger partial charge on any atom is -0.493 e. The Kier molecular flexibility index (Phi) is 8.96. The van der Waals surface area contributed by atoms with Crippen molar-refractivity contribution in [2.45, 2.75) is 26.2 Å². The number of carbonyl (C=O) groups excluding carboxylic acids is 1. The molecule has 1 atom stereocenters. The van der Waals surface area contributed by atoms with Crippen LogP contribution in [0, 0.1) is 0 Å². The first-order valence-corrected chi connectivity index (χ1v) is 13.5. The molecule has 4 rings (SSSR count). The number of carbonyl (C=O) groups is 1. The van der Waals surface area contributed by atoms with Crippen molar-refractivity contribution in [2.75, 3.05) is 19.0 Å². The molecule has 0 unspecified atom stereocenters. The van der Waals surface area contributed by atoms with Crippen LogP contribution in [0.4, 0.5) is 5.69 Å². The molecule has 0 saturated heterocycles. The summed E-state index contributed by atoms with van der Waals surface area (Å²) in [7, 11) is 1.51. The van der Waals surface area contributed by atoms with Crippen LogP contribution in [0.1, 0.15) is 37.6 Å². The van der Waals surface area contributed by atoms with Crippen LogP contribution < -0.4 is 20.3 Å². The minimum absolute atomic E-state index is 0.0173. The third kappa shape index (κ3) is 6.31. The Bertz CT molecular complexity index is 1550. The maximum absolute atomic E-state index is 13.4. The van der Waals surface area contributed by atoms with Gasteiger partial charge in [-0.15, -0.1) is 0 Å². The number of para-hydroxylation sites is 1. The second kappa shape index (κ2) is 12.4. The monoisotopic (exact) mass is 640 g/mol. The first kappa shape index (κ1) is 27.5. The highest BCUT2D eigenvalue weighted by Crippen LogP contribution is 2.33. The Labute approximate surface area is 236 Å². The van der Waals surface area contributed by atoms with E-state index in [4.69, 9.17) is 14.5 Å². The number of aromatic nitrogens is 2. The van der Waals surface area contributed by atoms with Gasteiger partial charge in [0, 0.05) is 26.1 Å². The molecule has 1 aromatic heterocycles. The Morgan fingerprint density at radius 3 is 2.61 bits per heavy atom. The molecule has 1 heterocycles. The Morgan fingerprint density at radius 1 is 1.13 bits per heavy atom. The van der Waals surface area contributed by atoms with E-state index in [-0.39, 0.29) is 24.0 Å². The number of hydrogen-bond acceptors (Lipinski definition) is 6. The van der Waals surface area contributed by atoms with Crippen LogP contribution in [0.2, 0.25) is 0 Å². The smallest absolute Gasteiger partial charge is 0.282 e. The molecule has 0 saturated carbocycles. The van der Waals surface area contributed by atoms with E-state index < -0.39 is 0 Å². The fourth-order valence-corrected chi connectivity index (χ4v) is 4.47. The topological polar surface area (TPSA) is 94.8 Å². The van der Waals surface area contributed by atoms with E-state index in [1.165, 1.54) is 11.8 Å². The van der Waals surface area contributed by atoms with Gasteiger partial charge in [0.15, 0.2) is 18.1 Å². The molecule has 0 fully saturated rings. The third-order valence-electron chi connectivity index (χ3n) is 5.90. The van der Waals surface area contributed by atoms with Crippen molar-refractivity contribution in [3.63, 3.8) is 0 Å². The number of ether oxygens (including phenoxy) is 2. The second-order valence-corrected chi connectivity index (χ2v) is 10.3. The van der Waals surface area contributed by atoms with Crippen LogP contribution >= 0.6 is 31.9 Å². The zero-order chi connectivity index (χ0) is 27.2. The van der Waals surface area contributed by atoms with Gasteiger partial charge in [0.05, 0.1) is 24.2 Å². The maximum Gasteiger partial charge on any atom is 0.282 e. The van der Waals surface area contributed by atoms with E-state index in [1.807, 2.05) is 44.2 Å². The molecule has 1 amide bonds. The van der Waals surface area contributed by atoms with Crippen molar-refractivity contribution in [3.05, 3.63) is 91.4 Å². The zero-order valence-corrected chi connectivity index (χ0v) is 24.2. The van der Waals surface area contributed by atoms with E-state index in [0.29, 0.717) is 43.9 Å². The summed E-state index contributed by atoms with van der Waals surface area (Å²) in [6.07, 6.45) is 2.36. The molecular weight excluding hydrogens is 616 g/mol. The molecule has 0 bridgehead atoms. The molecule has 10 heteroatoms. The molecule has 8 nitrogen and oxygen atoms in total. The summed E-state index contributed by atoms with van der Waals surface area (Å²) in [4.78, 5) is 30.4. The fraction of sp³-hybridized carbons (Fsp3) is 0.214. The molecule has 0 aliphatic carbocycles. The Hall–Kier alpha value is -3.50. The predicted octanol–water partition coefficient (Wildman–Crippen LogP) is 6.34. The lowest BCUT2D eigenvalue weighted by Gasteiger charge is -2.15. The van der Waals surface area contributed by atoms with Gasteiger partial charge in [-0.05, 0) is 64.8 Å². The highest BCUT2D eigenvalue weighted by molar-refractivity contribution is 9.10. The Morgan fingerprint density at radius 2 is 1.89 bits per heavy atom. The van der Waals surface area contributed by atoms with E-state index in [2.05, 4.69) is 42.3 Å². The number of hydrogen-bond donors (Lipinski definition) is 1. The van der Waals surface area contributed by atoms with E-state index in [9.17, 15) is 9.59 Å². The Balaban J connectivity index is 1.62. The number of amides is 1. The number of fused-ring (bicyclic) bond motifs is 1. The molecule has 0 radical (unpaired) electrons. The zero-order valence-electron chi connectivity index (χ0n) is 21.1. The van der Waals surface area contributed by atoms with Gasteiger partial charge in [0.1, 0.15) is 5.82 Å². The van der Waals surface area contributed by atoms with Crippen LogP contribution in [0.5, 0.6) is 11.5 Å². The van der Waals surface area contributed by atoms with E-state index in [1.54, 1.807) is 36.5 Å². The summed E-state index contributed by atoms with van der Waals surface area (Å²) < 4.78 is 14.0. The van der Waals surface area contributed by atoms with Gasteiger partial charge in [0.25, 0.3) is 11.5 Å². The number of benzene rings is 3. The van der Waals surface area contributed by atoms with Crippen LogP contribution in [-0.4, -0.2) is 35.5 Å². The summed E-state index contributed by atoms with van der Waals surface area (Å²) in [6, 6.07) is 18.0. The lowest BCUT2D eigenvalue weighted by Crippen LogP contribution is -2.23. The van der Waals surface area contributed by atoms with Gasteiger partial charge >= 0.3 is 0 Å². The van der Waals surface area contributed by atoms with Crippen molar-refractivity contribution in [1.82, 2.24) is 9.66 Å². The largest absolute Gasteiger partial charge is 0.493 e. The summed E-state index contributed by atoms with van der Waals surface area (Å²) in [6.45, 7) is 3.85. The average Bonchev–Trinajstić information content (AvgIpc) is 2.92. The summed E-state index contributed by atoms with van der Waals surface area (Å²) in [5.74, 6) is 1.10. The summed E-state index contributed by atoms with van der Waals surface area (Å²) in [5, 5.41) is 7.77. The van der Waals surface area contributed by atoms with Gasteiger partial charge < -0.3 is 14.8 Å². The summed E-state index contributed by atoms with van der Waals surface area (Å²) >= 11 is 6.96. The maximum atomic E-state index is 13.4. The standard InChI is InChI=1S/C28H26Br2N4O4/c1-4-17(2)27-33-23-11-10-19(29)13-21(23)28(36)34(27)31-15-18-12-24(37-3)25(14-22(18)30)38-16-26(35)32-20-8-6-5-7-9-20/h5-15,17H,4,16H2,1-3H3,(H,32,35)/t17-/m0/s1. The number of rotatable bonds is 9. The highest BCUT2D eigenvalue weighted by atomic mass is 79.9. The summed E-state index contributed by atoms with van der Waals surface area (Å²) in [5.41, 5.74) is 1.71. The predicted molar refractivity (Wildman–Crippen MR) is 157 cm³/mol. The van der Waals surface area contributed by atoms with Crippen LogP contribution in [0.15, 0.2) is 79.5 Å². The molecule has 38 heavy (non-hydrogen) atoms. The van der Waals surface area contributed by atoms with Gasteiger partial charge in [-0.3, -0.25) is 9.59 Å². The van der Waals surface area contributed by atoms with Crippen molar-refractivity contribution in [1.29, 1.82) is 0 Å². The van der Waals surface area contributed by atoms with Gasteiger partial charge in [0.2, 0.25) is 0 Å². The van der Waals surface area contributed by atoms with Crippen molar-refractivity contribution < 1.29 is 14.3 Å². The molecule has 0 aliphatic heterocycles. The van der Waals surface area contributed by atoms with Gasteiger partial charge in [-0.2, -0.15) is 9.78 Å². The number of nitrogens with zero attached hydrogens (tertiary/aromatic N) is 3. The normalized spacial score (nSPS) is 12.0. The lowest BCUT2D eigenvalue weighted by atomic mass is 10.1. The molecule has 3 aromatic carbocycles. The van der Waals surface area contributed by atoms with Crippen molar-refractivity contribution in [2.24, 2.45) is 5.10 Å². The highest BCUT2D eigenvalue weighted by Gasteiger charge is 2.16.